The molecule has 0 atom stereocenters. The number of carbonyl (C=O) groups is 1. The Kier molecular flexibility index (Phi) is 7.94. The summed E-state index contributed by atoms with van der Waals surface area (Å²) in [5.74, 6) is 0.590. The van der Waals surface area contributed by atoms with E-state index in [0.717, 1.165) is 24.1 Å². The number of benzene rings is 1. The number of nitrogens with zero attached hydrogens (tertiary/aromatic N) is 2. The maximum Gasteiger partial charge on any atom is 0.320 e. The number of hydrogen-bond donors (Lipinski definition) is 2. The third kappa shape index (κ3) is 6.39. The summed E-state index contributed by atoms with van der Waals surface area (Å²) < 4.78 is 1.81. The Balaban J connectivity index is 1.54. The van der Waals surface area contributed by atoms with E-state index in [9.17, 15) is 4.79 Å². The van der Waals surface area contributed by atoms with Crippen LogP contribution in [-0.4, -0.2) is 21.9 Å². The highest BCUT2D eigenvalue weighted by Gasteiger charge is 2.15. The Labute approximate surface area is 168 Å². The summed E-state index contributed by atoms with van der Waals surface area (Å²) in [6.07, 6.45) is 13.9. The normalized spacial score (nSPS) is 17.3. The van der Waals surface area contributed by atoms with Crippen molar-refractivity contribution in [1.29, 1.82) is 0 Å². The smallest absolute Gasteiger partial charge is 0.320 e. The summed E-state index contributed by atoms with van der Waals surface area (Å²) >= 11 is 0. The highest BCUT2D eigenvalue weighted by molar-refractivity contribution is 5.89. The lowest BCUT2D eigenvalue weighted by atomic mass is 9.98. The molecule has 5 nitrogen and oxygen atoms in total. The predicted molar refractivity (Wildman–Crippen MR) is 115 cm³/mol. The van der Waals surface area contributed by atoms with Gasteiger partial charge in [0, 0.05) is 19.2 Å². The van der Waals surface area contributed by atoms with E-state index >= 15 is 0 Å². The van der Waals surface area contributed by atoms with Crippen LogP contribution in [0.3, 0.4) is 0 Å². The molecule has 1 aliphatic rings. The van der Waals surface area contributed by atoms with E-state index in [1.165, 1.54) is 57.8 Å². The average molecular weight is 383 g/mol. The van der Waals surface area contributed by atoms with Gasteiger partial charge in [0.05, 0.1) is 5.69 Å². The summed E-state index contributed by atoms with van der Waals surface area (Å²) in [6.45, 7) is 0. The zero-order valence-corrected chi connectivity index (χ0v) is 17.1. The largest absolute Gasteiger partial charge is 0.335 e. The maximum absolute atomic E-state index is 12.5. The first kappa shape index (κ1) is 20.4. The second-order valence-electron chi connectivity index (χ2n) is 7.96. The molecule has 3 rings (SSSR count). The summed E-state index contributed by atoms with van der Waals surface area (Å²) in [6, 6.07) is 12.1. The highest BCUT2D eigenvalue weighted by Crippen LogP contribution is 2.22. The quantitative estimate of drug-likeness (QED) is 0.696. The van der Waals surface area contributed by atoms with E-state index < -0.39 is 0 Å². The van der Waals surface area contributed by atoms with Gasteiger partial charge in [-0.2, -0.15) is 5.10 Å². The minimum atomic E-state index is -0.144. The van der Waals surface area contributed by atoms with Gasteiger partial charge in [-0.05, 0) is 18.4 Å². The van der Waals surface area contributed by atoms with Gasteiger partial charge in [-0.25, -0.2) is 4.79 Å². The van der Waals surface area contributed by atoms with Crippen molar-refractivity contribution in [3.8, 4) is 11.3 Å². The molecule has 0 bridgehead atoms. The molecule has 2 amide bonds. The van der Waals surface area contributed by atoms with E-state index in [1.807, 2.05) is 43.4 Å². The molecular weight excluding hydrogens is 348 g/mol. The van der Waals surface area contributed by atoms with Crippen molar-refractivity contribution in [3.63, 3.8) is 0 Å². The number of anilines is 1. The van der Waals surface area contributed by atoms with Gasteiger partial charge in [0.1, 0.15) is 0 Å². The first-order chi connectivity index (χ1) is 13.7. The fraction of sp³-hybridized carbons (Fsp3) is 0.565. The van der Waals surface area contributed by atoms with Gasteiger partial charge in [0.25, 0.3) is 0 Å². The molecule has 0 spiro atoms. The molecule has 1 aromatic heterocycles. The first-order valence-corrected chi connectivity index (χ1v) is 10.9. The number of aryl methyl sites for hydroxylation is 1. The molecule has 1 saturated carbocycles. The predicted octanol–water partition coefficient (Wildman–Crippen LogP) is 5.88. The fourth-order valence-electron chi connectivity index (χ4n) is 4.05. The first-order valence-electron chi connectivity index (χ1n) is 10.9. The van der Waals surface area contributed by atoms with Crippen molar-refractivity contribution in [2.24, 2.45) is 7.05 Å². The summed E-state index contributed by atoms with van der Waals surface area (Å²) in [4.78, 5) is 12.5. The molecular formula is C23H34N4O. The molecule has 0 unspecified atom stereocenters. The van der Waals surface area contributed by atoms with E-state index in [4.69, 9.17) is 0 Å². The number of urea groups is 1. The standard InChI is InChI=1S/C23H34N4O/c1-27-21(19-14-10-9-11-15-19)18-22(26-27)25-23(28)24-20-16-12-7-5-3-2-4-6-8-13-17-20/h9-11,14-15,18,20H,2-8,12-13,16-17H2,1H3,(H2,24,25,26,28). The van der Waals surface area contributed by atoms with Crippen LogP contribution in [0.15, 0.2) is 36.4 Å². The zero-order chi connectivity index (χ0) is 19.6. The Bertz CT molecular complexity index is 713. The van der Waals surface area contributed by atoms with Crippen LogP contribution < -0.4 is 10.6 Å². The second kappa shape index (κ2) is 10.9. The van der Waals surface area contributed by atoms with Gasteiger partial charge in [-0.15, -0.1) is 0 Å². The van der Waals surface area contributed by atoms with Gasteiger partial charge in [0.2, 0.25) is 0 Å². The molecule has 152 valence electrons. The van der Waals surface area contributed by atoms with Crippen molar-refractivity contribution in [1.82, 2.24) is 15.1 Å². The van der Waals surface area contributed by atoms with Crippen molar-refractivity contribution in [3.05, 3.63) is 36.4 Å². The zero-order valence-electron chi connectivity index (χ0n) is 17.1. The lowest BCUT2D eigenvalue weighted by Crippen LogP contribution is -2.38. The Morgan fingerprint density at radius 1 is 0.929 bits per heavy atom. The van der Waals surface area contributed by atoms with E-state index in [1.54, 1.807) is 4.68 Å². The topological polar surface area (TPSA) is 59.0 Å². The van der Waals surface area contributed by atoms with Crippen LogP contribution in [0.5, 0.6) is 0 Å². The van der Waals surface area contributed by atoms with Crippen LogP contribution in [0.1, 0.15) is 70.6 Å². The van der Waals surface area contributed by atoms with Crippen molar-refractivity contribution >= 4 is 11.8 Å². The average Bonchev–Trinajstić information content (AvgIpc) is 3.04. The molecule has 28 heavy (non-hydrogen) atoms. The summed E-state index contributed by atoms with van der Waals surface area (Å²) in [5, 5.41) is 10.6. The molecule has 1 aliphatic carbocycles. The van der Waals surface area contributed by atoms with E-state index in [2.05, 4.69) is 15.7 Å². The Hall–Kier alpha value is -2.30. The van der Waals surface area contributed by atoms with E-state index in [-0.39, 0.29) is 12.1 Å². The van der Waals surface area contributed by atoms with Gasteiger partial charge >= 0.3 is 6.03 Å². The lowest BCUT2D eigenvalue weighted by molar-refractivity contribution is 0.246. The minimum Gasteiger partial charge on any atom is -0.335 e. The third-order valence-corrected chi connectivity index (χ3v) is 5.63. The number of carbonyl (C=O) groups excluding carboxylic acids is 1. The molecule has 1 fully saturated rings. The second-order valence-corrected chi connectivity index (χ2v) is 7.96. The van der Waals surface area contributed by atoms with Crippen LogP contribution in [0, 0.1) is 0 Å². The van der Waals surface area contributed by atoms with Gasteiger partial charge in [-0.1, -0.05) is 88.1 Å². The Morgan fingerprint density at radius 3 is 2.11 bits per heavy atom. The number of rotatable bonds is 3. The number of aromatic nitrogens is 2. The molecule has 0 saturated heterocycles. The van der Waals surface area contributed by atoms with Crippen LogP contribution in [-0.2, 0) is 7.05 Å². The van der Waals surface area contributed by atoms with Crippen LogP contribution in [0.2, 0.25) is 0 Å². The highest BCUT2D eigenvalue weighted by atomic mass is 16.2. The maximum atomic E-state index is 12.5. The summed E-state index contributed by atoms with van der Waals surface area (Å²) in [7, 11) is 1.90. The van der Waals surface area contributed by atoms with Gasteiger partial charge in [0.15, 0.2) is 5.82 Å². The lowest BCUT2D eigenvalue weighted by Gasteiger charge is -2.19. The monoisotopic (exact) mass is 382 g/mol. The molecule has 1 heterocycles. The number of nitrogens with one attached hydrogen (secondary N) is 2. The fourth-order valence-corrected chi connectivity index (χ4v) is 4.05. The molecule has 0 aliphatic heterocycles. The summed E-state index contributed by atoms with van der Waals surface area (Å²) in [5.41, 5.74) is 2.08. The van der Waals surface area contributed by atoms with Gasteiger partial charge < -0.3 is 5.32 Å². The molecule has 2 aromatic rings. The van der Waals surface area contributed by atoms with Crippen molar-refractivity contribution in [2.75, 3.05) is 5.32 Å². The molecule has 0 radical (unpaired) electrons. The number of hydrogen-bond acceptors (Lipinski definition) is 2. The molecule has 1 aromatic carbocycles. The van der Waals surface area contributed by atoms with Gasteiger partial charge in [-0.3, -0.25) is 10.00 Å². The molecule has 5 heteroatoms. The van der Waals surface area contributed by atoms with Crippen LogP contribution in [0.4, 0.5) is 10.6 Å². The van der Waals surface area contributed by atoms with Crippen molar-refractivity contribution < 1.29 is 4.79 Å². The van der Waals surface area contributed by atoms with Crippen LogP contribution >= 0.6 is 0 Å². The van der Waals surface area contributed by atoms with Crippen LogP contribution in [0.25, 0.3) is 11.3 Å². The third-order valence-electron chi connectivity index (χ3n) is 5.63. The Morgan fingerprint density at radius 2 is 1.50 bits per heavy atom. The van der Waals surface area contributed by atoms with E-state index in [0.29, 0.717) is 5.82 Å². The van der Waals surface area contributed by atoms with Crippen molar-refractivity contribution in [2.45, 2.75) is 76.7 Å². The minimum absolute atomic E-state index is 0.144. The SMILES string of the molecule is Cn1nc(NC(=O)NC2CCCCCCCCCCC2)cc1-c1ccccc1. The molecule has 2 N–H and O–H groups in total. The number of amides is 2.